The van der Waals surface area contributed by atoms with Crippen LogP contribution in [0.3, 0.4) is 0 Å². The maximum absolute atomic E-state index is 5.75. The lowest BCUT2D eigenvalue weighted by Gasteiger charge is -2.00. The van der Waals surface area contributed by atoms with Gasteiger partial charge in [0.25, 0.3) is 0 Å². The second-order valence-corrected chi connectivity index (χ2v) is 4.17. The first-order valence-electron chi connectivity index (χ1n) is 4.78. The number of ether oxygens (including phenoxy) is 1. The number of rotatable bonds is 3. The van der Waals surface area contributed by atoms with E-state index < -0.39 is 0 Å². The third kappa shape index (κ3) is 2.17. The van der Waals surface area contributed by atoms with E-state index in [-0.39, 0.29) is 6.04 Å². The van der Waals surface area contributed by atoms with Crippen molar-refractivity contribution in [2.75, 3.05) is 7.11 Å². The largest absolute Gasteiger partial charge is 0.481 e. The molecule has 0 spiro atoms. The van der Waals surface area contributed by atoms with E-state index in [1.54, 1.807) is 13.2 Å². The predicted octanol–water partition coefficient (Wildman–Crippen LogP) is 1.63. The fraction of sp³-hybridized carbons (Fsp3) is 0.300. The topological polar surface area (TPSA) is 73.9 Å². The second kappa shape index (κ2) is 4.54. The Morgan fingerprint density at radius 1 is 1.44 bits per heavy atom. The van der Waals surface area contributed by atoms with Gasteiger partial charge in [-0.25, -0.2) is 15.0 Å². The van der Waals surface area contributed by atoms with E-state index in [1.165, 1.54) is 17.7 Å². The normalized spacial score (nSPS) is 12.4. The molecule has 0 amide bonds. The Bertz CT molecular complexity index is 483. The fourth-order valence-electron chi connectivity index (χ4n) is 1.18. The molecule has 2 aromatic rings. The molecule has 0 saturated carbocycles. The van der Waals surface area contributed by atoms with Crippen LogP contribution in [0.5, 0.6) is 5.88 Å². The molecule has 84 valence electrons. The Morgan fingerprint density at radius 3 is 2.88 bits per heavy atom. The molecular formula is C10H12N4OS. The van der Waals surface area contributed by atoms with E-state index >= 15 is 0 Å². The Labute approximate surface area is 97.3 Å². The molecule has 0 aromatic carbocycles. The van der Waals surface area contributed by atoms with Crippen LogP contribution in [0.15, 0.2) is 17.8 Å². The lowest BCUT2D eigenvalue weighted by atomic mass is 10.3. The molecule has 2 heterocycles. The van der Waals surface area contributed by atoms with Gasteiger partial charge in [-0.05, 0) is 6.92 Å². The van der Waals surface area contributed by atoms with Gasteiger partial charge in [0, 0.05) is 17.5 Å². The molecule has 0 radical (unpaired) electrons. The van der Waals surface area contributed by atoms with E-state index in [2.05, 4.69) is 15.0 Å². The molecule has 0 aliphatic carbocycles. The number of hydrogen-bond donors (Lipinski definition) is 1. The smallest absolute Gasteiger partial charge is 0.216 e. The molecule has 0 aliphatic heterocycles. The highest BCUT2D eigenvalue weighted by Crippen LogP contribution is 2.25. The first-order valence-corrected chi connectivity index (χ1v) is 5.66. The SMILES string of the molecule is COc1cc(-c2nc(C(C)N)cs2)ncn1. The molecule has 0 bridgehead atoms. The molecule has 0 aliphatic rings. The number of thiazole rings is 1. The molecule has 1 unspecified atom stereocenters. The molecule has 2 rings (SSSR count). The van der Waals surface area contributed by atoms with Crippen molar-refractivity contribution in [3.63, 3.8) is 0 Å². The van der Waals surface area contributed by atoms with Crippen molar-refractivity contribution in [3.8, 4) is 16.6 Å². The van der Waals surface area contributed by atoms with Gasteiger partial charge in [0.05, 0.1) is 12.8 Å². The molecule has 6 heteroatoms. The summed E-state index contributed by atoms with van der Waals surface area (Å²) in [6, 6.07) is 1.69. The molecule has 1 atom stereocenters. The Kier molecular flexibility index (Phi) is 3.12. The van der Waals surface area contributed by atoms with Gasteiger partial charge < -0.3 is 10.5 Å². The number of methoxy groups -OCH3 is 1. The maximum Gasteiger partial charge on any atom is 0.216 e. The summed E-state index contributed by atoms with van der Waals surface area (Å²) < 4.78 is 5.03. The third-order valence-corrected chi connectivity index (χ3v) is 2.94. The third-order valence-electron chi connectivity index (χ3n) is 2.06. The predicted molar refractivity (Wildman–Crippen MR) is 62.3 cm³/mol. The average molecular weight is 236 g/mol. The van der Waals surface area contributed by atoms with E-state index in [0.717, 1.165) is 16.4 Å². The van der Waals surface area contributed by atoms with Crippen LogP contribution < -0.4 is 10.5 Å². The zero-order valence-electron chi connectivity index (χ0n) is 9.04. The highest BCUT2D eigenvalue weighted by Gasteiger charge is 2.09. The van der Waals surface area contributed by atoms with Gasteiger partial charge in [-0.15, -0.1) is 11.3 Å². The van der Waals surface area contributed by atoms with E-state index in [1.807, 2.05) is 12.3 Å². The summed E-state index contributed by atoms with van der Waals surface area (Å²) in [5, 5.41) is 2.77. The molecule has 2 N–H and O–H groups in total. The summed E-state index contributed by atoms with van der Waals surface area (Å²) in [7, 11) is 1.57. The summed E-state index contributed by atoms with van der Waals surface area (Å²) in [5.41, 5.74) is 7.37. The van der Waals surface area contributed by atoms with Gasteiger partial charge in [-0.1, -0.05) is 0 Å². The van der Waals surface area contributed by atoms with Gasteiger partial charge >= 0.3 is 0 Å². The minimum atomic E-state index is -0.0614. The highest BCUT2D eigenvalue weighted by molar-refractivity contribution is 7.13. The van der Waals surface area contributed by atoms with Gasteiger partial charge in [-0.2, -0.15) is 0 Å². The number of hydrogen-bond acceptors (Lipinski definition) is 6. The Balaban J connectivity index is 2.34. The van der Waals surface area contributed by atoms with E-state index in [4.69, 9.17) is 10.5 Å². The minimum absolute atomic E-state index is 0.0614. The standard InChI is InChI=1S/C10H12N4OS/c1-6(11)8-4-16-10(14-8)7-3-9(15-2)13-5-12-7/h3-6H,11H2,1-2H3. The summed E-state index contributed by atoms with van der Waals surface area (Å²) in [6.45, 7) is 1.90. The number of aromatic nitrogens is 3. The second-order valence-electron chi connectivity index (χ2n) is 3.31. The van der Waals surface area contributed by atoms with Crippen LogP contribution in [-0.4, -0.2) is 22.1 Å². The monoisotopic (exact) mass is 236 g/mol. The summed E-state index contributed by atoms with van der Waals surface area (Å²) in [4.78, 5) is 12.5. The van der Waals surface area contributed by atoms with Gasteiger partial charge in [0.15, 0.2) is 0 Å². The molecule has 2 aromatic heterocycles. The highest BCUT2D eigenvalue weighted by atomic mass is 32.1. The molecule has 16 heavy (non-hydrogen) atoms. The lowest BCUT2D eigenvalue weighted by Crippen LogP contribution is -2.04. The van der Waals surface area contributed by atoms with Gasteiger partial charge in [0.2, 0.25) is 5.88 Å². The summed E-state index contributed by atoms with van der Waals surface area (Å²) in [5.74, 6) is 0.530. The first kappa shape index (κ1) is 11.0. The quantitative estimate of drug-likeness (QED) is 0.876. The molecule has 0 fully saturated rings. The van der Waals surface area contributed by atoms with Crippen molar-refractivity contribution in [2.24, 2.45) is 5.73 Å². The van der Waals surface area contributed by atoms with Gasteiger partial charge in [0.1, 0.15) is 17.0 Å². The zero-order chi connectivity index (χ0) is 11.5. The van der Waals surface area contributed by atoms with E-state index in [0.29, 0.717) is 5.88 Å². The van der Waals surface area contributed by atoms with Crippen molar-refractivity contribution in [2.45, 2.75) is 13.0 Å². The lowest BCUT2D eigenvalue weighted by molar-refractivity contribution is 0.397. The Hall–Kier alpha value is -1.53. The molecule has 5 nitrogen and oxygen atoms in total. The first-order chi connectivity index (χ1) is 7.70. The van der Waals surface area contributed by atoms with Crippen LogP contribution in [0.1, 0.15) is 18.7 Å². The molecular weight excluding hydrogens is 224 g/mol. The van der Waals surface area contributed by atoms with Crippen molar-refractivity contribution in [1.82, 2.24) is 15.0 Å². The van der Waals surface area contributed by atoms with Crippen LogP contribution in [0.4, 0.5) is 0 Å². The fourth-order valence-corrected chi connectivity index (χ4v) is 2.07. The zero-order valence-corrected chi connectivity index (χ0v) is 9.86. The van der Waals surface area contributed by atoms with Crippen LogP contribution in [0.25, 0.3) is 10.7 Å². The number of nitrogens with zero attached hydrogens (tertiary/aromatic N) is 3. The Morgan fingerprint density at radius 2 is 2.25 bits per heavy atom. The number of nitrogens with two attached hydrogens (primary N) is 1. The average Bonchev–Trinajstić information content (AvgIpc) is 2.78. The summed E-state index contributed by atoms with van der Waals surface area (Å²) >= 11 is 1.51. The van der Waals surface area contributed by atoms with Crippen molar-refractivity contribution < 1.29 is 4.74 Å². The van der Waals surface area contributed by atoms with Crippen LogP contribution >= 0.6 is 11.3 Å². The molecule has 0 saturated heterocycles. The summed E-state index contributed by atoms with van der Waals surface area (Å²) in [6.07, 6.45) is 1.46. The van der Waals surface area contributed by atoms with Crippen LogP contribution in [-0.2, 0) is 0 Å². The maximum atomic E-state index is 5.75. The van der Waals surface area contributed by atoms with E-state index in [9.17, 15) is 0 Å². The van der Waals surface area contributed by atoms with Crippen LogP contribution in [0, 0.1) is 0 Å². The minimum Gasteiger partial charge on any atom is -0.481 e. The van der Waals surface area contributed by atoms with Crippen molar-refractivity contribution in [1.29, 1.82) is 0 Å². The van der Waals surface area contributed by atoms with Gasteiger partial charge in [-0.3, -0.25) is 0 Å². The van der Waals surface area contributed by atoms with Crippen LogP contribution in [0.2, 0.25) is 0 Å². The van der Waals surface area contributed by atoms with Crippen molar-refractivity contribution in [3.05, 3.63) is 23.5 Å². The van der Waals surface area contributed by atoms with Crippen molar-refractivity contribution >= 4 is 11.3 Å².